The Morgan fingerprint density at radius 2 is 2.00 bits per heavy atom. The fraction of sp³-hybridized carbons (Fsp3) is 0.333. The molecule has 1 aromatic rings. The highest BCUT2D eigenvalue weighted by Crippen LogP contribution is 2.19. The lowest BCUT2D eigenvalue weighted by atomic mass is 9.95. The number of carbonyl (C=O) groups is 2. The smallest absolute Gasteiger partial charge is 0.309 e. The number of nitrogens with one attached hydrogen (secondary N) is 1. The normalized spacial score (nSPS) is 17.6. The zero-order valence-electron chi connectivity index (χ0n) is 11.0. The summed E-state index contributed by atoms with van der Waals surface area (Å²) in [6, 6.07) is 5.38. The van der Waals surface area contributed by atoms with Gasteiger partial charge in [0.25, 0.3) is 5.91 Å². The number of esters is 1. The number of rotatable bonds is 4. The Morgan fingerprint density at radius 1 is 1.25 bits per heavy atom. The van der Waals surface area contributed by atoms with Crippen molar-refractivity contribution in [3.63, 3.8) is 0 Å². The maximum atomic E-state index is 12.7. The third-order valence-electron chi connectivity index (χ3n) is 3.08. The molecule has 0 bridgehead atoms. The quantitative estimate of drug-likeness (QED) is 0.680. The van der Waals surface area contributed by atoms with Gasteiger partial charge in [-0.3, -0.25) is 9.59 Å². The van der Waals surface area contributed by atoms with Crippen molar-refractivity contribution in [2.24, 2.45) is 5.92 Å². The van der Waals surface area contributed by atoms with E-state index in [-0.39, 0.29) is 24.3 Å². The van der Waals surface area contributed by atoms with Gasteiger partial charge in [0, 0.05) is 5.69 Å². The van der Waals surface area contributed by atoms with Crippen LogP contribution < -0.4 is 5.32 Å². The van der Waals surface area contributed by atoms with Crippen LogP contribution >= 0.6 is 0 Å². The van der Waals surface area contributed by atoms with E-state index in [2.05, 4.69) is 5.32 Å². The van der Waals surface area contributed by atoms with Crippen LogP contribution in [0.5, 0.6) is 0 Å². The van der Waals surface area contributed by atoms with Gasteiger partial charge in [0.1, 0.15) is 5.82 Å². The van der Waals surface area contributed by atoms with E-state index >= 15 is 0 Å². The molecule has 2 rings (SSSR count). The van der Waals surface area contributed by atoms with Gasteiger partial charge in [0.05, 0.1) is 5.92 Å². The summed E-state index contributed by atoms with van der Waals surface area (Å²) >= 11 is 0. The van der Waals surface area contributed by atoms with Gasteiger partial charge in [0.15, 0.2) is 6.61 Å². The molecule has 0 aromatic heterocycles. The summed E-state index contributed by atoms with van der Waals surface area (Å²) in [5, 5.41) is 2.53. The number of carbonyl (C=O) groups excluding carboxylic acids is 2. The van der Waals surface area contributed by atoms with Crippen LogP contribution in [0.1, 0.15) is 19.3 Å². The highest BCUT2D eigenvalue weighted by Gasteiger charge is 2.20. The minimum absolute atomic E-state index is 0.154. The summed E-state index contributed by atoms with van der Waals surface area (Å²) in [6.07, 6.45) is 6.27. The Labute approximate surface area is 116 Å². The second kappa shape index (κ2) is 6.84. The standard InChI is InChI=1S/C15H16FNO3/c16-12-6-8-13(9-7-12)17-14(18)10-20-15(19)11-4-2-1-3-5-11/h1-2,6-9,11H,3-5,10H2,(H,17,18)/t11-/m1/s1. The summed E-state index contributed by atoms with van der Waals surface area (Å²) in [4.78, 5) is 23.3. The van der Waals surface area contributed by atoms with Crippen molar-refractivity contribution < 1.29 is 18.7 Å². The van der Waals surface area contributed by atoms with E-state index in [1.165, 1.54) is 24.3 Å². The monoisotopic (exact) mass is 277 g/mol. The van der Waals surface area contributed by atoms with Crippen LogP contribution in [0.15, 0.2) is 36.4 Å². The summed E-state index contributed by atoms with van der Waals surface area (Å²) in [5.74, 6) is -1.31. The molecule has 106 valence electrons. The first kappa shape index (κ1) is 14.2. The molecule has 1 aromatic carbocycles. The molecule has 20 heavy (non-hydrogen) atoms. The molecule has 5 heteroatoms. The first-order valence-electron chi connectivity index (χ1n) is 6.52. The third kappa shape index (κ3) is 4.19. The first-order valence-corrected chi connectivity index (χ1v) is 6.52. The van der Waals surface area contributed by atoms with Gasteiger partial charge < -0.3 is 10.1 Å². The number of hydrogen-bond donors (Lipinski definition) is 1. The molecule has 0 saturated carbocycles. The fourth-order valence-corrected chi connectivity index (χ4v) is 1.99. The second-order valence-electron chi connectivity index (χ2n) is 4.64. The van der Waals surface area contributed by atoms with E-state index in [0.29, 0.717) is 12.1 Å². The maximum Gasteiger partial charge on any atom is 0.309 e. The fourth-order valence-electron chi connectivity index (χ4n) is 1.99. The van der Waals surface area contributed by atoms with Gasteiger partial charge in [-0.05, 0) is 43.5 Å². The van der Waals surface area contributed by atoms with Gasteiger partial charge in [-0.25, -0.2) is 4.39 Å². The molecular weight excluding hydrogens is 261 g/mol. The Morgan fingerprint density at radius 3 is 2.65 bits per heavy atom. The van der Waals surface area contributed by atoms with Gasteiger partial charge >= 0.3 is 5.97 Å². The molecule has 0 heterocycles. The van der Waals surface area contributed by atoms with Crippen LogP contribution in [0.4, 0.5) is 10.1 Å². The van der Waals surface area contributed by atoms with Crippen LogP contribution in [0.3, 0.4) is 0 Å². The highest BCUT2D eigenvalue weighted by atomic mass is 19.1. The zero-order chi connectivity index (χ0) is 14.4. The molecule has 0 saturated heterocycles. The van der Waals surface area contributed by atoms with Crippen molar-refractivity contribution in [1.29, 1.82) is 0 Å². The van der Waals surface area contributed by atoms with Crippen molar-refractivity contribution in [3.8, 4) is 0 Å². The molecule has 1 atom stereocenters. The van der Waals surface area contributed by atoms with Crippen LogP contribution in [-0.4, -0.2) is 18.5 Å². The lowest BCUT2D eigenvalue weighted by Crippen LogP contribution is -2.25. The molecule has 4 nitrogen and oxygen atoms in total. The highest BCUT2D eigenvalue weighted by molar-refractivity contribution is 5.92. The lowest BCUT2D eigenvalue weighted by molar-refractivity contribution is -0.151. The Hall–Kier alpha value is -2.17. The molecule has 1 aliphatic carbocycles. The summed E-state index contributed by atoms with van der Waals surface area (Å²) < 4.78 is 17.7. The largest absolute Gasteiger partial charge is 0.455 e. The van der Waals surface area contributed by atoms with Gasteiger partial charge in [-0.2, -0.15) is 0 Å². The van der Waals surface area contributed by atoms with Crippen molar-refractivity contribution in [2.45, 2.75) is 19.3 Å². The zero-order valence-corrected chi connectivity index (χ0v) is 11.0. The minimum atomic E-state index is -0.434. The van der Waals surface area contributed by atoms with E-state index < -0.39 is 5.91 Å². The van der Waals surface area contributed by atoms with Crippen LogP contribution in [0, 0.1) is 11.7 Å². The molecule has 0 radical (unpaired) electrons. The minimum Gasteiger partial charge on any atom is -0.455 e. The maximum absolute atomic E-state index is 12.7. The van der Waals surface area contributed by atoms with Crippen molar-refractivity contribution in [2.75, 3.05) is 11.9 Å². The van der Waals surface area contributed by atoms with E-state index in [1.54, 1.807) is 0 Å². The van der Waals surface area contributed by atoms with E-state index in [0.717, 1.165) is 12.8 Å². The predicted molar refractivity (Wildman–Crippen MR) is 72.5 cm³/mol. The molecule has 1 N–H and O–H groups in total. The number of halogens is 1. The summed E-state index contributed by atoms with van der Waals surface area (Å²) in [6.45, 7) is -0.323. The lowest BCUT2D eigenvalue weighted by Gasteiger charge is -2.16. The number of amides is 1. The van der Waals surface area contributed by atoms with E-state index in [1.807, 2.05) is 12.2 Å². The predicted octanol–water partition coefficient (Wildman–Crippen LogP) is 2.66. The average Bonchev–Trinajstić information content (AvgIpc) is 2.48. The third-order valence-corrected chi connectivity index (χ3v) is 3.08. The first-order chi connectivity index (χ1) is 9.65. The van der Waals surface area contributed by atoms with E-state index in [4.69, 9.17) is 4.74 Å². The summed E-state index contributed by atoms with van der Waals surface area (Å²) in [7, 11) is 0. The number of anilines is 1. The van der Waals surface area contributed by atoms with Crippen molar-refractivity contribution in [1.82, 2.24) is 0 Å². The van der Waals surface area contributed by atoms with Gasteiger partial charge in [-0.15, -0.1) is 0 Å². The average molecular weight is 277 g/mol. The number of allylic oxidation sites excluding steroid dienone is 2. The Bertz CT molecular complexity index is 510. The Kier molecular flexibility index (Phi) is 4.87. The molecule has 1 amide bonds. The summed E-state index contributed by atoms with van der Waals surface area (Å²) in [5.41, 5.74) is 0.466. The Balaban J connectivity index is 1.75. The number of ether oxygens (including phenoxy) is 1. The topological polar surface area (TPSA) is 55.4 Å². The van der Waals surface area contributed by atoms with Gasteiger partial charge in [-0.1, -0.05) is 12.2 Å². The van der Waals surface area contributed by atoms with Crippen LogP contribution in [0.2, 0.25) is 0 Å². The second-order valence-corrected chi connectivity index (χ2v) is 4.64. The molecule has 0 aliphatic heterocycles. The number of benzene rings is 1. The van der Waals surface area contributed by atoms with E-state index in [9.17, 15) is 14.0 Å². The molecule has 0 unspecified atom stereocenters. The van der Waals surface area contributed by atoms with Gasteiger partial charge in [0.2, 0.25) is 0 Å². The van der Waals surface area contributed by atoms with Crippen LogP contribution in [-0.2, 0) is 14.3 Å². The van der Waals surface area contributed by atoms with Crippen molar-refractivity contribution >= 4 is 17.6 Å². The van der Waals surface area contributed by atoms with Crippen LogP contribution in [0.25, 0.3) is 0 Å². The molecule has 0 spiro atoms. The van der Waals surface area contributed by atoms with Crippen molar-refractivity contribution in [3.05, 3.63) is 42.2 Å². The molecule has 0 fully saturated rings. The SMILES string of the molecule is O=C(COC(=O)[C@@H]1CC=CCC1)Nc1ccc(F)cc1. The molecular formula is C15H16FNO3. The molecule has 1 aliphatic rings. The number of hydrogen-bond acceptors (Lipinski definition) is 3.